The molecule has 1 amide bonds. The molecule has 10 nitrogen and oxygen atoms in total. The molecule has 0 saturated carbocycles. The number of benzene rings is 2. The summed E-state index contributed by atoms with van der Waals surface area (Å²) < 4.78 is 11.4. The number of aromatic amines is 1. The molecular formula is C32H33N7O3. The van der Waals surface area contributed by atoms with Gasteiger partial charge in [-0.1, -0.05) is 23.4 Å². The minimum atomic E-state index is -0.447. The van der Waals surface area contributed by atoms with Crippen LogP contribution in [0.2, 0.25) is 0 Å². The average Bonchev–Trinajstić information content (AvgIpc) is 3.74. The van der Waals surface area contributed by atoms with Crippen molar-refractivity contribution in [2.24, 2.45) is 4.99 Å². The lowest BCUT2D eigenvalue weighted by molar-refractivity contribution is -0.114. The number of amides is 1. The van der Waals surface area contributed by atoms with E-state index in [0.29, 0.717) is 12.3 Å². The van der Waals surface area contributed by atoms with Gasteiger partial charge in [-0.3, -0.25) is 14.8 Å². The summed E-state index contributed by atoms with van der Waals surface area (Å²) in [7, 11) is 1.66. The van der Waals surface area contributed by atoms with Gasteiger partial charge in [0.25, 0.3) is 5.91 Å². The minimum absolute atomic E-state index is 0.226. The van der Waals surface area contributed by atoms with Crippen molar-refractivity contribution in [1.29, 1.82) is 0 Å². The highest BCUT2D eigenvalue weighted by Crippen LogP contribution is 2.45. The molecule has 5 aromatic rings. The maximum atomic E-state index is 13.4. The van der Waals surface area contributed by atoms with Gasteiger partial charge in [-0.25, -0.2) is 0 Å². The summed E-state index contributed by atoms with van der Waals surface area (Å²) in [4.78, 5) is 29.0. The maximum absolute atomic E-state index is 13.4. The van der Waals surface area contributed by atoms with Crippen LogP contribution in [0.15, 0.2) is 58.2 Å². The van der Waals surface area contributed by atoms with Crippen molar-refractivity contribution in [3.8, 4) is 16.9 Å². The third-order valence-electron chi connectivity index (χ3n) is 8.34. The summed E-state index contributed by atoms with van der Waals surface area (Å²) in [5, 5.41) is 12.5. The van der Waals surface area contributed by atoms with Crippen LogP contribution in [0.3, 0.4) is 0 Å². The van der Waals surface area contributed by atoms with Crippen LogP contribution in [0, 0.1) is 13.8 Å². The number of amidine groups is 1. The molecule has 0 aliphatic carbocycles. The van der Waals surface area contributed by atoms with E-state index < -0.39 is 6.04 Å². The van der Waals surface area contributed by atoms with Crippen molar-refractivity contribution >= 4 is 39.4 Å². The first-order chi connectivity index (χ1) is 20.5. The Morgan fingerprint density at radius 1 is 1.14 bits per heavy atom. The van der Waals surface area contributed by atoms with Crippen molar-refractivity contribution in [2.75, 3.05) is 38.6 Å². The molecule has 0 spiro atoms. The zero-order valence-corrected chi connectivity index (χ0v) is 24.0. The third-order valence-corrected chi connectivity index (χ3v) is 8.34. The Labute approximate surface area is 243 Å². The van der Waals surface area contributed by atoms with Crippen molar-refractivity contribution in [3.63, 3.8) is 0 Å². The van der Waals surface area contributed by atoms with Gasteiger partial charge in [-0.05, 0) is 69.6 Å². The number of methoxy groups -OCH3 is 1. The molecule has 3 aromatic heterocycles. The summed E-state index contributed by atoms with van der Waals surface area (Å²) in [5.74, 6) is 2.20. The molecule has 10 heteroatoms. The lowest BCUT2D eigenvalue weighted by atomic mass is 9.93. The zero-order valence-electron chi connectivity index (χ0n) is 24.0. The van der Waals surface area contributed by atoms with Crippen molar-refractivity contribution in [3.05, 3.63) is 71.2 Å². The second-order valence-corrected chi connectivity index (χ2v) is 10.9. The van der Waals surface area contributed by atoms with Gasteiger partial charge in [-0.15, -0.1) is 0 Å². The zero-order chi connectivity index (χ0) is 28.8. The van der Waals surface area contributed by atoms with Crippen molar-refractivity contribution in [1.82, 2.24) is 25.3 Å². The van der Waals surface area contributed by atoms with Crippen LogP contribution in [0.5, 0.6) is 5.75 Å². The van der Waals surface area contributed by atoms with Gasteiger partial charge in [0.2, 0.25) is 0 Å². The van der Waals surface area contributed by atoms with Crippen LogP contribution in [-0.4, -0.2) is 65.1 Å². The Balaban J connectivity index is 1.34. The number of anilines is 1. The quantitative estimate of drug-likeness (QED) is 0.251. The van der Waals surface area contributed by atoms with Crippen molar-refractivity contribution < 1.29 is 14.1 Å². The Bertz CT molecular complexity index is 1820. The highest BCUT2D eigenvalue weighted by Gasteiger charge is 2.32. The number of carbonyl (C=O) groups is 1. The van der Waals surface area contributed by atoms with Crippen LogP contribution in [-0.2, 0) is 4.79 Å². The smallest absolute Gasteiger partial charge is 0.286 e. The average molecular weight is 564 g/mol. The molecule has 1 saturated heterocycles. The number of rotatable bonds is 7. The van der Waals surface area contributed by atoms with Gasteiger partial charge in [-0.2, -0.15) is 0 Å². The number of likely N-dealkylation sites (tertiary alicyclic amines) is 1. The molecular weight excluding hydrogens is 530 g/mol. The number of pyridine rings is 1. The molecule has 2 aliphatic rings. The van der Waals surface area contributed by atoms with Gasteiger partial charge >= 0.3 is 0 Å². The van der Waals surface area contributed by atoms with E-state index in [1.54, 1.807) is 13.3 Å². The summed E-state index contributed by atoms with van der Waals surface area (Å²) in [6, 6.07) is 13.6. The van der Waals surface area contributed by atoms with Gasteiger partial charge in [0.05, 0.1) is 23.9 Å². The van der Waals surface area contributed by atoms with E-state index >= 15 is 0 Å². The Morgan fingerprint density at radius 2 is 1.98 bits per heavy atom. The lowest BCUT2D eigenvalue weighted by Gasteiger charge is -2.24. The summed E-state index contributed by atoms with van der Waals surface area (Å²) >= 11 is 0. The molecule has 3 N–H and O–H groups in total. The highest BCUT2D eigenvalue weighted by atomic mass is 16.5. The molecule has 1 atom stereocenters. The number of aromatic nitrogens is 3. The van der Waals surface area contributed by atoms with Gasteiger partial charge in [0.1, 0.15) is 23.4 Å². The van der Waals surface area contributed by atoms with Gasteiger partial charge < -0.3 is 29.8 Å². The fourth-order valence-electron chi connectivity index (χ4n) is 6.32. The molecule has 2 aromatic carbocycles. The molecule has 42 heavy (non-hydrogen) atoms. The second kappa shape index (κ2) is 10.6. The van der Waals surface area contributed by atoms with Gasteiger partial charge in [0.15, 0.2) is 5.84 Å². The lowest BCUT2D eigenvalue weighted by Crippen LogP contribution is -2.41. The number of carbonyl (C=O) groups excluding carboxylic acids is 1. The van der Waals surface area contributed by atoms with Gasteiger partial charge in [0, 0.05) is 46.7 Å². The predicted octanol–water partition coefficient (Wildman–Crippen LogP) is 5.12. The molecule has 7 rings (SSSR count). The van der Waals surface area contributed by atoms with E-state index in [1.165, 1.54) is 12.8 Å². The Morgan fingerprint density at radius 3 is 2.76 bits per heavy atom. The first kappa shape index (κ1) is 26.2. The summed E-state index contributed by atoms with van der Waals surface area (Å²) in [6.45, 7) is 7.39. The van der Waals surface area contributed by atoms with Crippen LogP contribution in [0.1, 0.15) is 41.5 Å². The van der Waals surface area contributed by atoms with E-state index in [-0.39, 0.29) is 11.7 Å². The Hall–Kier alpha value is -4.70. The molecule has 0 bridgehead atoms. The first-order valence-corrected chi connectivity index (χ1v) is 14.4. The number of hydrogen-bond acceptors (Lipinski definition) is 8. The first-order valence-electron chi connectivity index (χ1n) is 14.4. The largest absolute Gasteiger partial charge is 0.496 e. The topological polar surface area (TPSA) is 121 Å². The second-order valence-electron chi connectivity index (χ2n) is 10.9. The molecule has 1 unspecified atom stereocenters. The minimum Gasteiger partial charge on any atom is -0.496 e. The van der Waals surface area contributed by atoms with E-state index in [0.717, 1.165) is 81.0 Å². The van der Waals surface area contributed by atoms with E-state index in [4.69, 9.17) is 14.3 Å². The van der Waals surface area contributed by atoms with Crippen LogP contribution in [0.4, 0.5) is 5.82 Å². The van der Waals surface area contributed by atoms with E-state index in [9.17, 15) is 4.79 Å². The fraction of sp³-hybridized carbons (Fsp3) is 0.312. The summed E-state index contributed by atoms with van der Waals surface area (Å²) in [5.41, 5.74) is 6.25. The number of fused-ring (bicyclic) bond motifs is 4. The maximum Gasteiger partial charge on any atom is 0.286 e. The third kappa shape index (κ3) is 4.48. The van der Waals surface area contributed by atoms with Crippen molar-refractivity contribution in [2.45, 2.75) is 32.7 Å². The number of aliphatic imine (C=N–C) groups is 1. The molecule has 1 fully saturated rings. The molecule has 214 valence electrons. The molecule has 2 aliphatic heterocycles. The summed E-state index contributed by atoms with van der Waals surface area (Å²) in [6.07, 6.45) is 4.24. The van der Waals surface area contributed by atoms with E-state index in [1.807, 2.05) is 44.2 Å². The number of H-pyrrole nitrogens is 1. The van der Waals surface area contributed by atoms with Crippen LogP contribution >= 0.6 is 0 Å². The SMILES string of the molecule is COc1cc2c3c([nH]c2cc1-c1c(C)noc1C)NC(C(=O)NCCN1CCCC1)=NC3c1ccnc2ccccc12. The number of para-hydroxylation sites is 1. The standard InChI is InChI=1S/C32H33N7O3/c1-18-27(19(2)42-38-18)23-16-25-22(17-26(23)41-3)28-29(21-10-11-33-24-9-5-4-8-20(21)24)36-31(37-30(28)35-25)32(40)34-12-15-39-13-6-7-14-39/h4-5,8-11,16-17,29,35H,6-7,12-15H2,1-3H3,(H,34,40)(H,36,37). The number of aryl methyl sites for hydroxylation is 2. The fourth-order valence-corrected chi connectivity index (χ4v) is 6.32. The number of hydrogen-bond donors (Lipinski definition) is 3. The number of nitrogens with zero attached hydrogens (tertiary/aromatic N) is 4. The van der Waals surface area contributed by atoms with Crippen LogP contribution in [0.25, 0.3) is 32.9 Å². The van der Waals surface area contributed by atoms with E-state index in [2.05, 4.69) is 42.8 Å². The highest BCUT2D eigenvalue weighted by molar-refractivity contribution is 6.43. The molecule has 0 radical (unpaired) electrons. The normalized spacial score (nSPS) is 16.8. The van der Waals surface area contributed by atoms with Crippen LogP contribution < -0.4 is 15.4 Å². The predicted molar refractivity (Wildman–Crippen MR) is 163 cm³/mol. The molecule has 5 heterocycles. The monoisotopic (exact) mass is 563 g/mol. The number of nitrogens with one attached hydrogen (secondary N) is 3. The Kier molecular flexibility index (Phi) is 6.62. The number of ether oxygens (including phenoxy) is 1.